The number of halogens is 1. The molecule has 0 radical (unpaired) electrons. The van der Waals surface area contributed by atoms with Gasteiger partial charge < -0.3 is 5.11 Å². The van der Waals surface area contributed by atoms with Gasteiger partial charge in [0.1, 0.15) is 11.6 Å². The van der Waals surface area contributed by atoms with Crippen molar-refractivity contribution in [1.29, 1.82) is 0 Å². The Balaban J connectivity index is 1.91. The highest BCUT2D eigenvalue weighted by Gasteiger charge is 2.30. The lowest BCUT2D eigenvalue weighted by Gasteiger charge is -2.06. The Morgan fingerprint density at radius 2 is 2.20 bits per heavy atom. The topological polar surface area (TPSA) is 63.1 Å². The van der Waals surface area contributed by atoms with Crippen molar-refractivity contribution >= 4 is 5.97 Å². The minimum atomic E-state index is -0.996. The van der Waals surface area contributed by atoms with Crippen LogP contribution in [-0.2, 0) is 6.42 Å². The van der Waals surface area contributed by atoms with Gasteiger partial charge in [0.2, 0.25) is 0 Å². The second-order valence-corrected chi connectivity index (χ2v) is 4.97. The summed E-state index contributed by atoms with van der Waals surface area (Å²) in [5, 5.41) is 9.13. The van der Waals surface area contributed by atoms with Gasteiger partial charge in [-0.05, 0) is 30.5 Å². The van der Waals surface area contributed by atoms with E-state index >= 15 is 0 Å². The summed E-state index contributed by atoms with van der Waals surface area (Å²) < 4.78 is 13.1. The van der Waals surface area contributed by atoms with E-state index in [2.05, 4.69) is 9.97 Å². The fourth-order valence-corrected chi connectivity index (χ4v) is 2.18. The summed E-state index contributed by atoms with van der Waals surface area (Å²) in [5.74, 6) is -0.533. The van der Waals surface area contributed by atoms with Crippen molar-refractivity contribution in [3.8, 4) is 0 Å². The second-order valence-electron chi connectivity index (χ2n) is 4.97. The smallest absolute Gasteiger partial charge is 0.339 e. The maximum atomic E-state index is 13.1. The molecule has 5 heteroatoms. The number of hydrogen-bond acceptors (Lipinski definition) is 3. The van der Waals surface area contributed by atoms with Crippen LogP contribution in [0.1, 0.15) is 46.2 Å². The van der Waals surface area contributed by atoms with Crippen LogP contribution in [0.5, 0.6) is 0 Å². The van der Waals surface area contributed by atoms with Crippen molar-refractivity contribution in [2.24, 2.45) is 0 Å². The lowest BCUT2D eigenvalue weighted by molar-refractivity contribution is 0.0694. The molecule has 0 bridgehead atoms. The molecule has 1 saturated carbocycles. The molecule has 0 saturated heterocycles. The predicted molar refractivity (Wildman–Crippen MR) is 70.2 cm³/mol. The first kappa shape index (κ1) is 12.7. The highest BCUT2D eigenvalue weighted by molar-refractivity contribution is 5.88. The molecular formula is C15H13FN2O2. The number of aromatic nitrogens is 2. The molecule has 102 valence electrons. The zero-order valence-electron chi connectivity index (χ0n) is 10.7. The number of aromatic carboxylic acids is 1. The third kappa shape index (κ3) is 2.66. The summed E-state index contributed by atoms with van der Waals surface area (Å²) in [7, 11) is 0. The van der Waals surface area contributed by atoms with Crippen LogP contribution in [0.2, 0.25) is 0 Å². The Hall–Kier alpha value is -2.30. The molecule has 1 aliphatic carbocycles. The summed E-state index contributed by atoms with van der Waals surface area (Å²) in [6.07, 6.45) is 3.70. The van der Waals surface area contributed by atoms with Crippen LogP contribution >= 0.6 is 0 Å². The van der Waals surface area contributed by atoms with Crippen LogP contribution in [0.3, 0.4) is 0 Å². The Morgan fingerprint density at radius 1 is 1.40 bits per heavy atom. The predicted octanol–water partition coefficient (Wildman–Crippen LogP) is 2.78. The highest BCUT2D eigenvalue weighted by atomic mass is 19.1. The van der Waals surface area contributed by atoms with Gasteiger partial charge in [0.15, 0.2) is 0 Å². The van der Waals surface area contributed by atoms with Gasteiger partial charge >= 0.3 is 5.97 Å². The number of carboxylic acids is 1. The van der Waals surface area contributed by atoms with E-state index in [1.807, 2.05) is 0 Å². The fourth-order valence-electron chi connectivity index (χ4n) is 2.18. The van der Waals surface area contributed by atoms with Gasteiger partial charge in [0.05, 0.1) is 11.3 Å². The Labute approximate surface area is 115 Å². The third-order valence-corrected chi connectivity index (χ3v) is 3.31. The van der Waals surface area contributed by atoms with Crippen LogP contribution in [0.25, 0.3) is 0 Å². The fraction of sp³-hybridized carbons (Fsp3) is 0.267. The van der Waals surface area contributed by atoms with Gasteiger partial charge in [0.25, 0.3) is 0 Å². The summed E-state index contributed by atoms with van der Waals surface area (Å²) >= 11 is 0. The lowest BCUT2D eigenvalue weighted by atomic mass is 10.1. The Bertz CT molecular complexity index is 669. The normalized spacial score (nSPS) is 14.2. The largest absolute Gasteiger partial charge is 0.478 e. The number of benzene rings is 1. The van der Waals surface area contributed by atoms with Gasteiger partial charge in [-0.15, -0.1) is 0 Å². The van der Waals surface area contributed by atoms with E-state index in [4.69, 9.17) is 5.11 Å². The molecular weight excluding hydrogens is 259 g/mol. The van der Waals surface area contributed by atoms with E-state index in [0.717, 1.165) is 18.4 Å². The Kier molecular flexibility index (Phi) is 3.18. The first-order chi connectivity index (χ1) is 9.63. The molecule has 4 nitrogen and oxygen atoms in total. The van der Waals surface area contributed by atoms with Gasteiger partial charge in [-0.25, -0.2) is 19.2 Å². The number of hydrogen-bond donors (Lipinski definition) is 1. The molecule has 1 aromatic carbocycles. The van der Waals surface area contributed by atoms with E-state index in [1.54, 1.807) is 12.1 Å². The average Bonchev–Trinajstić information content (AvgIpc) is 3.22. The lowest BCUT2D eigenvalue weighted by Crippen LogP contribution is -2.08. The van der Waals surface area contributed by atoms with Crippen molar-refractivity contribution in [1.82, 2.24) is 9.97 Å². The number of carbonyl (C=O) groups is 1. The monoisotopic (exact) mass is 272 g/mol. The quantitative estimate of drug-likeness (QED) is 0.929. The molecule has 3 rings (SSSR count). The average molecular weight is 272 g/mol. The van der Waals surface area contributed by atoms with Crippen LogP contribution in [0.4, 0.5) is 4.39 Å². The molecule has 0 aliphatic heterocycles. The van der Waals surface area contributed by atoms with Crippen LogP contribution in [0.15, 0.2) is 30.5 Å². The number of carboxylic acid groups (broad SMARTS) is 1. The minimum Gasteiger partial charge on any atom is -0.478 e. The van der Waals surface area contributed by atoms with Crippen molar-refractivity contribution < 1.29 is 14.3 Å². The van der Waals surface area contributed by atoms with E-state index in [-0.39, 0.29) is 17.3 Å². The van der Waals surface area contributed by atoms with Crippen molar-refractivity contribution in [2.75, 3.05) is 0 Å². The van der Waals surface area contributed by atoms with E-state index in [9.17, 15) is 9.18 Å². The number of nitrogens with zero attached hydrogens (tertiary/aromatic N) is 2. The summed E-state index contributed by atoms with van der Waals surface area (Å²) in [4.78, 5) is 19.6. The maximum absolute atomic E-state index is 13.1. The molecule has 0 atom stereocenters. The zero-order chi connectivity index (χ0) is 14.1. The van der Waals surface area contributed by atoms with Gasteiger partial charge in [0, 0.05) is 18.5 Å². The third-order valence-electron chi connectivity index (χ3n) is 3.31. The summed E-state index contributed by atoms with van der Waals surface area (Å²) in [6, 6.07) is 6.26. The van der Waals surface area contributed by atoms with Crippen LogP contribution in [0, 0.1) is 5.82 Å². The molecule has 1 fully saturated rings. The molecule has 20 heavy (non-hydrogen) atoms. The van der Waals surface area contributed by atoms with E-state index in [1.165, 1.54) is 18.3 Å². The molecule has 1 aliphatic rings. The first-order valence-electron chi connectivity index (χ1n) is 6.47. The molecule has 2 aromatic rings. The highest BCUT2D eigenvalue weighted by Crippen LogP contribution is 2.40. The summed E-state index contributed by atoms with van der Waals surface area (Å²) in [5.41, 5.74) is 1.56. The molecule has 1 N–H and O–H groups in total. The van der Waals surface area contributed by atoms with Crippen LogP contribution < -0.4 is 0 Å². The van der Waals surface area contributed by atoms with Crippen molar-refractivity contribution in [2.45, 2.75) is 25.2 Å². The zero-order valence-corrected chi connectivity index (χ0v) is 10.7. The SMILES string of the molecule is O=C(O)c1cnc(Cc2cccc(F)c2)nc1C1CC1. The van der Waals surface area contributed by atoms with Gasteiger partial charge in [-0.2, -0.15) is 0 Å². The minimum absolute atomic E-state index is 0.176. The standard InChI is InChI=1S/C15H13FN2O2/c16-11-3-1-2-9(6-11)7-13-17-8-12(15(19)20)14(18-13)10-4-5-10/h1-3,6,8,10H,4-5,7H2,(H,19,20). The van der Waals surface area contributed by atoms with Crippen molar-refractivity contribution in [3.63, 3.8) is 0 Å². The summed E-state index contributed by atoms with van der Waals surface area (Å²) in [6.45, 7) is 0. The molecule has 0 unspecified atom stereocenters. The van der Waals surface area contributed by atoms with Crippen LogP contribution in [-0.4, -0.2) is 21.0 Å². The van der Waals surface area contributed by atoms with Crippen molar-refractivity contribution in [3.05, 3.63) is 58.9 Å². The van der Waals surface area contributed by atoms with Gasteiger partial charge in [-0.3, -0.25) is 0 Å². The molecule has 1 heterocycles. The Morgan fingerprint density at radius 3 is 2.85 bits per heavy atom. The maximum Gasteiger partial charge on any atom is 0.339 e. The van der Waals surface area contributed by atoms with Gasteiger partial charge in [-0.1, -0.05) is 12.1 Å². The number of rotatable bonds is 4. The molecule has 1 aromatic heterocycles. The second kappa shape index (κ2) is 5.00. The van der Waals surface area contributed by atoms with E-state index in [0.29, 0.717) is 17.9 Å². The molecule has 0 amide bonds. The van der Waals surface area contributed by atoms with E-state index < -0.39 is 5.97 Å². The first-order valence-corrected chi connectivity index (χ1v) is 6.47. The molecule has 0 spiro atoms.